The number of hydrogen-bond donors (Lipinski definition) is 2. The smallest absolute Gasteiger partial charge is 0.264 e. The summed E-state index contributed by atoms with van der Waals surface area (Å²) in [6.07, 6.45) is 0.682. The molecule has 0 aromatic heterocycles. The SMILES string of the molecule is CC(=O)Nc1ccc(NC(=O)COc2ccc(S(=O)(=O)N3CCc4ccccc43)cc2)cc1. The normalized spacial score (nSPS) is 12.7. The average Bonchev–Trinajstić information content (AvgIpc) is 3.24. The van der Waals surface area contributed by atoms with E-state index in [1.165, 1.54) is 35.5 Å². The second-order valence-corrected chi connectivity index (χ2v) is 9.38. The summed E-state index contributed by atoms with van der Waals surface area (Å²) in [6.45, 7) is 1.59. The largest absolute Gasteiger partial charge is 0.484 e. The molecule has 0 aliphatic carbocycles. The Labute approximate surface area is 192 Å². The molecule has 1 aliphatic heterocycles. The highest BCUT2D eigenvalue weighted by Crippen LogP contribution is 2.33. The van der Waals surface area contributed by atoms with Gasteiger partial charge in [-0.3, -0.25) is 13.9 Å². The molecule has 170 valence electrons. The van der Waals surface area contributed by atoms with Crippen LogP contribution in [0.5, 0.6) is 5.75 Å². The third-order valence-electron chi connectivity index (χ3n) is 5.12. The number of benzene rings is 3. The van der Waals surface area contributed by atoms with Crippen molar-refractivity contribution in [3.63, 3.8) is 0 Å². The van der Waals surface area contributed by atoms with E-state index >= 15 is 0 Å². The van der Waals surface area contributed by atoms with E-state index in [2.05, 4.69) is 10.6 Å². The van der Waals surface area contributed by atoms with Gasteiger partial charge in [-0.2, -0.15) is 0 Å². The Bertz CT molecular complexity index is 1270. The first-order valence-electron chi connectivity index (χ1n) is 10.3. The molecule has 0 spiro atoms. The number of nitrogens with one attached hydrogen (secondary N) is 2. The molecule has 9 heteroatoms. The maximum atomic E-state index is 13.1. The lowest BCUT2D eigenvalue weighted by Crippen LogP contribution is -2.29. The molecule has 2 N–H and O–H groups in total. The second kappa shape index (κ2) is 9.33. The fraction of sp³-hybridized carbons (Fsp3) is 0.167. The van der Waals surface area contributed by atoms with Crippen LogP contribution in [0.3, 0.4) is 0 Å². The highest BCUT2D eigenvalue weighted by Gasteiger charge is 2.30. The zero-order chi connectivity index (χ0) is 23.4. The van der Waals surface area contributed by atoms with Gasteiger partial charge < -0.3 is 15.4 Å². The number of para-hydroxylation sites is 1. The number of rotatable bonds is 7. The monoisotopic (exact) mass is 465 g/mol. The minimum absolute atomic E-state index is 0.162. The van der Waals surface area contributed by atoms with Crippen LogP contribution in [0.25, 0.3) is 0 Å². The number of nitrogens with zero attached hydrogens (tertiary/aromatic N) is 1. The van der Waals surface area contributed by atoms with Crippen molar-refractivity contribution in [3.05, 3.63) is 78.4 Å². The number of fused-ring (bicyclic) bond motifs is 1. The summed E-state index contributed by atoms with van der Waals surface area (Å²) >= 11 is 0. The van der Waals surface area contributed by atoms with Gasteiger partial charge >= 0.3 is 0 Å². The quantitative estimate of drug-likeness (QED) is 0.556. The minimum Gasteiger partial charge on any atom is -0.484 e. The predicted molar refractivity (Wildman–Crippen MR) is 126 cm³/mol. The van der Waals surface area contributed by atoms with E-state index in [1.54, 1.807) is 24.3 Å². The molecule has 4 rings (SSSR count). The van der Waals surface area contributed by atoms with Crippen molar-refractivity contribution in [1.82, 2.24) is 0 Å². The Hall–Kier alpha value is -3.85. The van der Waals surface area contributed by atoms with E-state index in [-0.39, 0.29) is 23.3 Å². The molecule has 0 atom stereocenters. The second-order valence-electron chi connectivity index (χ2n) is 7.52. The van der Waals surface area contributed by atoms with Gasteiger partial charge in [0, 0.05) is 24.8 Å². The fourth-order valence-corrected chi connectivity index (χ4v) is 5.08. The van der Waals surface area contributed by atoms with Crippen LogP contribution in [-0.4, -0.2) is 33.4 Å². The maximum Gasteiger partial charge on any atom is 0.264 e. The molecular weight excluding hydrogens is 442 g/mol. The number of carbonyl (C=O) groups excluding carboxylic acids is 2. The summed E-state index contributed by atoms with van der Waals surface area (Å²) in [5.74, 6) is -0.163. The van der Waals surface area contributed by atoms with E-state index in [9.17, 15) is 18.0 Å². The van der Waals surface area contributed by atoms with Crippen molar-refractivity contribution in [3.8, 4) is 5.75 Å². The number of ether oxygens (including phenoxy) is 1. The molecule has 0 fully saturated rings. The Morgan fingerprint density at radius 3 is 2.21 bits per heavy atom. The lowest BCUT2D eigenvalue weighted by Gasteiger charge is -2.19. The van der Waals surface area contributed by atoms with Crippen molar-refractivity contribution in [2.24, 2.45) is 0 Å². The van der Waals surface area contributed by atoms with Crippen LogP contribution in [0, 0.1) is 0 Å². The summed E-state index contributed by atoms with van der Waals surface area (Å²) < 4.78 is 33.0. The summed E-state index contributed by atoms with van der Waals surface area (Å²) in [6, 6.07) is 20.2. The van der Waals surface area contributed by atoms with Crippen LogP contribution in [0.1, 0.15) is 12.5 Å². The van der Waals surface area contributed by atoms with E-state index in [1.807, 2.05) is 24.3 Å². The van der Waals surface area contributed by atoms with E-state index in [4.69, 9.17) is 4.74 Å². The van der Waals surface area contributed by atoms with E-state index < -0.39 is 10.0 Å². The Balaban J connectivity index is 1.34. The zero-order valence-electron chi connectivity index (χ0n) is 17.9. The van der Waals surface area contributed by atoms with Crippen molar-refractivity contribution in [1.29, 1.82) is 0 Å². The van der Waals surface area contributed by atoms with Crippen LogP contribution in [-0.2, 0) is 26.0 Å². The van der Waals surface area contributed by atoms with E-state index in [0.29, 0.717) is 35.8 Å². The average molecular weight is 466 g/mol. The van der Waals surface area contributed by atoms with Crippen LogP contribution < -0.4 is 19.7 Å². The number of sulfonamides is 1. The van der Waals surface area contributed by atoms with Gasteiger partial charge in [0.2, 0.25) is 5.91 Å². The van der Waals surface area contributed by atoms with Crippen LogP contribution in [0.15, 0.2) is 77.7 Å². The topological polar surface area (TPSA) is 105 Å². The Kier molecular flexibility index (Phi) is 6.32. The Morgan fingerprint density at radius 2 is 1.55 bits per heavy atom. The van der Waals surface area contributed by atoms with Crippen molar-refractivity contribution >= 4 is 38.9 Å². The number of carbonyl (C=O) groups is 2. The first-order valence-corrected chi connectivity index (χ1v) is 11.8. The van der Waals surface area contributed by atoms with Gasteiger partial charge in [-0.25, -0.2) is 8.42 Å². The molecule has 0 radical (unpaired) electrons. The van der Waals surface area contributed by atoms with Crippen LogP contribution in [0.4, 0.5) is 17.1 Å². The summed E-state index contributed by atoms with van der Waals surface area (Å²) in [7, 11) is -3.68. The van der Waals surface area contributed by atoms with Crippen molar-refractivity contribution < 1.29 is 22.7 Å². The predicted octanol–water partition coefficient (Wildman–Crippen LogP) is 3.41. The van der Waals surface area contributed by atoms with Crippen LogP contribution in [0.2, 0.25) is 0 Å². The first-order chi connectivity index (χ1) is 15.8. The lowest BCUT2D eigenvalue weighted by molar-refractivity contribution is -0.118. The van der Waals surface area contributed by atoms with Gasteiger partial charge in [-0.1, -0.05) is 18.2 Å². The summed E-state index contributed by atoms with van der Waals surface area (Å²) in [5, 5.41) is 5.34. The minimum atomic E-state index is -3.68. The fourth-order valence-electron chi connectivity index (χ4n) is 3.58. The third kappa shape index (κ3) is 5.15. The summed E-state index contributed by atoms with van der Waals surface area (Å²) in [5.41, 5.74) is 2.91. The van der Waals surface area contributed by atoms with Crippen LogP contribution >= 0.6 is 0 Å². The zero-order valence-corrected chi connectivity index (χ0v) is 18.8. The first kappa shape index (κ1) is 22.3. The summed E-state index contributed by atoms with van der Waals surface area (Å²) in [4.78, 5) is 23.4. The maximum absolute atomic E-state index is 13.1. The standard InChI is InChI=1S/C24H23N3O5S/c1-17(28)25-19-6-8-20(9-7-19)26-24(29)16-32-21-10-12-22(13-11-21)33(30,31)27-15-14-18-4-2-3-5-23(18)27/h2-13H,14-16H2,1H3,(H,25,28)(H,26,29). The van der Waals surface area contributed by atoms with Gasteiger partial charge in [0.25, 0.3) is 15.9 Å². The van der Waals surface area contributed by atoms with Gasteiger partial charge in [-0.05, 0) is 66.6 Å². The van der Waals surface area contributed by atoms with Gasteiger partial charge in [0.15, 0.2) is 6.61 Å². The molecular formula is C24H23N3O5S. The molecule has 0 saturated heterocycles. The highest BCUT2D eigenvalue weighted by molar-refractivity contribution is 7.92. The van der Waals surface area contributed by atoms with E-state index in [0.717, 1.165) is 5.56 Å². The number of amides is 2. The lowest BCUT2D eigenvalue weighted by atomic mass is 10.2. The van der Waals surface area contributed by atoms with Gasteiger partial charge in [0.1, 0.15) is 5.75 Å². The van der Waals surface area contributed by atoms with Gasteiger partial charge in [-0.15, -0.1) is 0 Å². The molecule has 3 aromatic rings. The molecule has 1 aliphatic rings. The molecule has 2 amide bonds. The molecule has 33 heavy (non-hydrogen) atoms. The Morgan fingerprint density at radius 1 is 0.909 bits per heavy atom. The molecule has 0 saturated carbocycles. The molecule has 0 unspecified atom stereocenters. The molecule has 3 aromatic carbocycles. The number of anilines is 3. The number of hydrogen-bond acceptors (Lipinski definition) is 5. The molecule has 8 nitrogen and oxygen atoms in total. The molecule has 0 bridgehead atoms. The van der Waals surface area contributed by atoms with Crippen molar-refractivity contribution in [2.75, 3.05) is 28.1 Å². The third-order valence-corrected chi connectivity index (χ3v) is 6.94. The molecule has 1 heterocycles. The highest BCUT2D eigenvalue weighted by atomic mass is 32.2. The van der Waals surface area contributed by atoms with Crippen molar-refractivity contribution in [2.45, 2.75) is 18.2 Å². The van der Waals surface area contributed by atoms with Gasteiger partial charge in [0.05, 0.1) is 10.6 Å².